The van der Waals surface area contributed by atoms with Gasteiger partial charge in [-0.25, -0.2) is 14.8 Å². The molecule has 0 aliphatic heterocycles. The molecule has 7 nitrogen and oxygen atoms in total. The molecule has 7 heteroatoms. The summed E-state index contributed by atoms with van der Waals surface area (Å²) in [6.07, 6.45) is 7.26. The van der Waals surface area contributed by atoms with Crippen LogP contribution in [0, 0.1) is 6.92 Å². The van der Waals surface area contributed by atoms with Gasteiger partial charge < -0.3 is 9.84 Å². The second-order valence-corrected chi connectivity index (χ2v) is 3.72. The molecule has 98 valence electrons. The van der Waals surface area contributed by atoms with E-state index < -0.39 is 5.97 Å². The SMILES string of the molecule is COc1nc(/C=C/C(=O)O)ncc1-n1cnc(C)c1. The minimum absolute atomic E-state index is 0.264. The molecule has 0 saturated carbocycles. The van der Waals surface area contributed by atoms with Crippen molar-refractivity contribution in [2.75, 3.05) is 7.11 Å². The van der Waals surface area contributed by atoms with Gasteiger partial charge in [-0.1, -0.05) is 0 Å². The second kappa shape index (κ2) is 5.30. The highest BCUT2D eigenvalue weighted by atomic mass is 16.5. The first-order chi connectivity index (χ1) is 9.10. The van der Waals surface area contributed by atoms with Crippen LogP contribution in [-0.2, 0) is 4.79 Å². The number of rotatable bonds is 4. The Morgan fingerprint density at radius 2 is 2.26 bits per heavy atom. The minimum Gasteiger partial charge on any atom is -0.479 e. The van der Waals surface area contributed by atoms with E-state index in [1.807, 2.05) is 13.1 Å². The van der Waals surface area contributed by atoms with Gasteiger partial charge in [0.25, 0.3) is 0 Å². The number of aromatic nitrogens is 4. The van der Waals surface area contributed by atoms with E-state index in [2.05, 4.69) is 15.0 Å². The lowest BCUT2D eigenvalue weighted by atomic mass is 10.4. The van der Waals surface area contributed by atoms with Gasteiger partial charge >= 0.3 is 5.97 Å². The normalized spacial score (nSPS) is 10.8. The number of carboxylic acids is 1. The van der Waals surface area contributed by atoms with Gasteiger partial charge in [0, 0.05) is 12.3 Å². The molecule has 1 N–H and O–H groups in total. The third kappa shape index (κ3) is 2.95. The standard InChI is InChI=1S/C12H12N4O3/c1-8-6-16(7-14-8)9-5-13-10(3-4-11(17)18)15-12(9)19-2/h3-7H,1-2H3,(H,17,18)/b4-3+. The topological polar surface area (TPSA) is 90.1 Å². The van der Waals surface area contributed by atoms with Gasteiger partial charge in [0.1, 0.15) is 5.69 Å². The van der Waals surface area contributed by atoms with Gasteiger partial charge in [-0.15, -0.1) is 0 Å². The Balaban J connectivity index is 2.39. The second-order valence-electron chi connectivity index (χ2n) is 3.72. The van der Waals surface area contributed by atoms with Crippen molar-refractivity contribution in [1.82, 2.24) is 19.5 Å². The molecular formula is C12H12N4O3. The number of methoxy groups -OCH3 is 1. The molecule has 0 saturated heterocycles. The van der Waals surface area contributed by atoms with Crippen LogP contribution in [0.2, 0.25) is 0 Å². The molecular weight excluding hydrogens is 248 g/mol. The maximum Gasteiger partial charge on any atom is 0.328 e. The van der Waals surface area contributed by atoms with Crippen LogP contribution in [0.1, 0.15) is 11.5 Å². The van der Waals surface area contributed by atoms with Crippen molar-refractivity contribution in [2.45, 2.75) is 6.92 Å². The first kappa shape index (κ1) is 12.7. The monoisotopic (exact) mass is 260 g/mol. The van der Waals surface area contributed by atoms with E-state index in [0.29, 0.717) is 11.6 Å². The Bertz CT molecular complexity index is 634. The Morgan fingerprint density at radius 3 is 2.84 bits per heavy atom. The van der Waals surface area contributed by atoms with Gasteiger partial charge in [0.2, 0.25) is 5.88 Å². The summed E-state index contributed by atoms with van der Waals surface area (Å²) >= 11 is 0. The first-order valence-electron chi connectivity index (χ1n) is 5.43. The van der Waals surface area contributed by atoms with Crippen LogP contribution in [0.25, 0.3) is 11.8 Å². The Hall–Kier alpha value is -2.70. The van der Waals surface area contributed by atoms with Crippen molar-refractivity contribution >= 4 is 12.0 Å². The fourth-order valence-corrected chi connectivity index (χ4v) is 1.48. The Morgan fingerprint density at radius 1 is 1.47 bits per heavy atom. The molecule has 0 atom stereocenters. The van der Waals surface area contributed by atoms with Gasteiger partial charge in [-0.05, 0) is 13.0 Å². The molecule has 0 aliphatic carbocycles. The van der Waals surface area contributed by atoms with Gasteiger partial charge in [-0.2, -0.15) is 4.98 Å². The van der Waals surface area contributed by atoms with Crippen molar-refractivity contribution in [3.05, 3.63) is 36.3 Å². The number of aliphatic carboxylic acids is 1. The molecule has 0 aliphatic rings. The van der Waals surface area contributed by atoms with Crippen molar-refractivity contribution in [2.24, 2.45) is 0 Å². The molecule has 0 amide bonds. The zero-order valence-electron chi connectivity index (χ0n) is 10.4. The molecule has 0 spiro atoms. The fourth-order valence-electron chi connectivity index (χ4n) is 1.48. The number of nitrogens with zero attached hydrogens (tertiary/aromatic N) is 4. The maximum absolute atomic E-state index is 10.4. The molecule has 0 aromatic carbocycles. The predicted octanol–water partition coefficient (Wildman–Crippen LogP) is 1.08. The largest absolute Gasteiger partial charge is 0.479 e. The Labute approximate surface area is 109 Å². The summed E-state index contributed by atoms with van der Waals surface area (Å²) in [5, 5.41) is 8.55. The van der Waals surface area contributed by atoms with E-state index in [1.165, 1.54) is 13.2 Å². The van der Waals surface area contributed by atoms with Crippen LogP contribution in [0.15, 0.2) is 24.8 Å². The fraction of sp³-hybridized carbons (Fsp3) is 0.167. The molecule has 19 heavy (non-hydrogen) atoms. The first-order valence-corrected chi connectivity index (χ1v) is 5.43. The summed E-state index contributed by atoms with van der Waals surface area (Å²) in [6, 6.07) is 0. The van der Waals surface area contributed by atoms with E-state index in [0.717, 1.165) is 11.8 Å². The summed E-state index contributed by atoms with van der Waals surface area (Å²) < 4.78 is 6.91. The number of aryl methyl sites for hydroxylation is 1. The molecule has 2 aromatic heterocycles. The van der Waals surface area contributed by atoms with E-state index in [9.17, 15) is 4.79 Å². The van der Waals surface area contributed by atoms with Crippen LogP contribution in [0.4, 0.5) is 0 Å². The van der Waals surface area contributed by atoms with Crippen LogP contribution in [-0.4, -0.2) is 37.7 Å². The number of carbonyl (C=O) groups is 1. The predicted molar refractivity (Wildman–Crippen MR) is 67.1 cm³/mol. The average Bonchev–Trinajstić information content (AvgIpc) is 2.82. The molecule has 0 radical (unpaired) electrons. The molecule has 2 heterocycles. The van der Waals surface area contributed by atoms with Crippen LogP contribution in [0.3, 0.4) is 0 Å². The van der Waals surface area contributed by atoms with Crippen LogP contribution < -0.4 is 4.74 Å². The summed E-state index contributed by atoms with van der Waals surface area (Å²) in [4.78, 5) is 22.7. The van der Waals surface area contributed by atoms with Gasteiger partial charge in [0.15, 0.2) is 5.82 Å². The number of imidazole rings is 1. The number of ether oxygens (including phenoxy) is 1. The van der Waals surface area contributed by atoms with Crippen LogP contribution >= 0.6 is 0 Å². The number of hydrogen-bond acceptors (Lipinski definition) is 5. The van der Waals surface area contributed by atoms with Crippen molar-refractivity contribution in [3.63, 3.8) is 0 Å². The summed E-state index contributed by atoms with van der Waals surface area (Å²) in [5.74, 6) is -0.450. The van der Waals surface area contributed by atoms with Crippen molar-refractivity contribution in [1.29, 1.82) is 0 Å². The van der Waals surface area contributed by atoms with Gasteiger partial charge in [-0.3, -0.25) is 4.57 Å². The van der Waals surface area contributed by atoms with Gasteiger partial charge in [0.05, 0.1) is 25.3 Å². The molecule has 0 unspecified atom stereocenters. The molecule has 2 aromatic rings. The third-order valence-corrected chi connectivity index (χ3v) is 2.31. The Kier molecular flexibility index (Phi) is 3.56. The van der Waals surface area contributed by atoms with Crippen molar-refractivity contribution < 1.29 is 14.6 Å². The van der Waals surface area contributed by atoms with Crippen molar-refractivity contribution in [3.8, 4) is 11.6 Å². The lowest BCUT2D eigenvalue weighted by Gasteiger charge is -2.07. The van der Waals surface area contributed by atoms with E-state index in [-0.39, 0.29) is 5.82 Å². The third-order valence-electron chi connectivity index (χ3n) is 2.31. The highest BCUT2D eigenvalue weighted by Gasteiger charge is 2.09. The van der Waals surface area contributed by atoms with E-state index >= 15 is 0 Å². The summed E-state index contributed by atoms with van der Waals surface area (Å²) in [5.41, 5.74) is 1.49. The molecule has 0 bridgehead atoms. The molecule has 0 fully saturated rings. The number of carboxylic acid groups (broad SMARTS) is 1. The summed E-state index contributed by atoms with van der Waals surface area (Å²) in [7, 11) is 1.49. The average molecular weight is 260 g/mol. The summed E-state index contributed by atoms with van der Waals surface area (Å²) in [6.45, 7) is 1.87. The lowest BCUT2D eigenvalue weighted by Crippen LogP contribution is -2.01. The zero-order chi connectivity index (χ0) is 13.8. The smallest absolute Gasteiger partial charge is 0.328 e. The minimum atomic E-state index is -1.06. The van der Waals surface area contributed by atoms with Crippen LogP contribution in [0.5, 0.6) is 5.88 Å². The number of hydrogen-bond donors (Lipinski definition) is 1. The quantitative estimate of drug-likeness (QED) is 0.827. The highest BCUT2D eigenvalue weighted by molar-refractivity contribution is 5.84. The molecule has 2 rings (SSSR count). The van der Waals surface area contributed by atoms with E-state index in [1.54, 1.807) is 17.1 Å². The highest BCUT2D eigenvalue weighted by Crippen LogP contribution is 2.19. The van der Waals surface area contributed by atoms with E-state index in [4.69, 9.17) is 9.84 Å². The maximum atomic E-state index is 10.4. The lowest BCUT2D eigenvalue weighted by molar-refractivity contribution is -0.131. The zero-order valence-corrected chi connectivity index (χ0v) is 10.4.